The van der Waals surface area contributed by atoms with Crippen molar-refractivity contribution >= 4 is 79.5 Å². The number of amides is 1. The van der Waals surface area contributed by atoms with E-state index in [1.54, 1.807) is 36.4 Å². The standard InChI is InChI=1S/C23H17BrCl2N4O3S2/c24-16-7-9-18(23(31)27-13-15-6-8-17(25)12-19(15)26)21(11-16)30(35(32)33)22-20(28-34-29-22)10-14-4-2-1-3-5-14/h1-9,11-12H,10,13H2,(H,27,31)(H,32,33). The van der Waals surface area contributed by atoms with Gasteiger partial charge in [0.25, 0.3) is 17.2 Å². The predicted molar refractivity (Wildman–Crippen MR) is 144 cm³/mol. The van der Waals surface area contributed by atoms with E-state index >= 15 is 0 Å². The van der Waals surface area contributed by atoms with E-state index in [1.165, 1.54) is 0 Å². The lowest BCUT2D eigenvalue weighted by molar-refractivity contribution is 0.0951. The number of nitrogens with one attached hydrogen (secondary N) is 1. The number of anilines is 2. The number of rotatable bonds is 8. The number of carbonyl (C=O) groups excluding carboxylic acids is 1. The van der Waals surface area contributed by atoms with Crippen LogP contribution in [0.15, 0.2) is 71.2 Å². The Morgan fingerprint density at radius 2 is 1.86 bits per heavy atom. The SMILES string of the molecule is O=C(NCc1ccc(Cl)cc1Cl)c1ccc(Br)cc1N(c1nsnc1Cc1ccccc1)S(=O)O. The van der Waals surface area contributed by atoms with Crippen molar-refractivity contribution in [1.82, 2.24) is 14.1 Å². The zero-order valence-corrected chi connectivity index (χ0v) is 22.6. The number of halogens is 3. The Bertz CT molecular complexity index is 1390. The molecule has 0 aliphatic heterocycles. The van der Waals surface area contributed by atoms with Crippen LogP contribution in [-0.4, -0.2) is 23.4 Å². The number of aromatic nitrogens is 2. The van der Waals surface area contributed by atoms with E-state index in [0.29, 0.717) is 32.2 Å². The molecule has 0 aliphatic rings. The number of hydrogen-bond donors (Lipinski definition) is 2. The smallest absolute Gasteiger partial charge is 0.268 e. The molecule has 0 bridgehead atoms. The Balaban J connectivity index is 1.67. The van der Waals surface area contributed by atoms with Gasteiger partial charge in [0, 0.05) is 27.5 Å². The van der Waals surface area contributed by atoms with Crippen LogP contribution in [0.2, 0.25) is 10.0 Å². The van der Waals surface area contributed by atoms with E-state index < -0.39 is 17.2 Å². The Kier molecular flexibility index (Phi) is 8.53. The molecule has 7 nitrogen and oxygen atoms in total. The normalized spacial score (nSPS) is 11.8. The van der Waals surface area contributed by atoms with Crippen molar-refractivity contribution in [2.75, 3.05) is 4.31 Å². The lowest BCUT2D eigenvalue weighted by atomic mass is 10.1. The fourth-order valence-corrected chi connectivity index (χ4v) is 5.37. The molecule has 4 rings (SSSR count). The van der Waals surface area contributed by atoms with Crippen molar-refractivity contribution in [2.24, 2.45) is 0 Å². The molecule has 1 amide bonds. The first-order chi connectivity index (χ1) is 16.8. The maximum absolute atomic E-state index is 13.2. The third-order valence-electron chi connectivity index (χ3n) is 4.98. The van der Waals surface area contributed by atoms with Gasteiger partial charge in [-0.3, -0.25) is 9.35 Å². The molecule has 0 saturated carbocycles. The van der Waals surface area contributed by atoms with Gasteiger partial charge >= 0.3 is 0 Å². The zero-order chi connectivity index (χ0) is 24.9. The summed E-state index contributed by atoms with van der Waals surface area (Å²) in [5.74, 6) is -0.255. The molecule has 1 unspecified atom stereocenters. The highest BCUT2D eigenvalue weighted by Crippen LogP contribution is 2.34. The summed E-state index contributed by atoms with van der Waals surface area (Å²) >= 11 is 13.9. The maximum Gasteiger partial charge on any atom is 0.268 e. The molecule has 0 saturated heterocycles. The third kappa shape index (κ3) is 6.27. The van der Waals surface area contributed by atoms with Crippen molar-refractivity contribution < 1.29 is 13.6 Å². The van der Waals surface area contributed by atoms with Crippen LogP contribution < -0.4 is 9.62 Å². The zero-order valence-electron chi connectivity index (χ0n) is 17.8. The molecule has 180 valence electrons. The largest absolute Gasteiger partial charge is 0.348 e. The molecule has 1 aromatic heterocycles. The lowest BCUT2D eigenvalue weighted by Gasteiger charge is -2.21. The van der Waals surface area contributed by atoms with E-state index in [-0.39, 0.29) is 23.6 Å². The van der Waals surface area contributed by atoms with Crippen LogP contribution in [0.3, 0.4) is 0 Å². The molecule has 0 spiro atoms. The highest BCUT2D eigenvalue weighted by atomic mass is 79.9. The fraction of sp³-hybridized carbons (Fsp3) is 0.0870. The third-order valence-corrected chi connectivity index (χ3v) is 7.30. The predicted octanol–water partition coefficient (Wildman–Crippen LogP) is 6.40. The fourth-order valence-electron chi connectivity index (χ4n) is 3.33. The molecule has 0 fully saturated rings. The topological polar surface area (TPSA) is 95.4 Å². The van der Waals surface area contributed by atoms with Gasteiger partial charge in [-0.1, -0.05) is 75.5 Å². The minimum atomic E-state index is -2.53. The molecule has 35 heavy (non-hydrogen) atoms. The van der Waals surface area contributed by atoms with Gasteiger partial charge in [0.15, 0.2) is 5.82 Å². The molecule has 0 radical (unpaired) electrons. The van der Waals surface area contributed by atoms with Crippen LogP contribution in [0.5, 0.6) is 0 Å². The van der Waals surface area contributed by atoms with Crippen LogP contribution in [0.4, 0.5) is 11.5 Å². The second-order valence-electron chi connectivity index (χ2n) is 7.30. The van der Waals surface area contributed by atoms with Gasteiger partial charge in [0.2, 0.25) is 0 Å². The van der Waals surface area contributed by atoms with Gasteiger partial charge in [0.05, 0.1) is 23.0 Å². The summed E-state index contributed by atoms with van der Waals surface area (Å²) in [5.41, 5.74) is 2.54. The second-order valence-corrected chi connectivity index (χ2v) is 10.4. The number of hydrogen-bond acceptors (Lipinski definition) is 5. The van der Waals surface area contributed by atoms with E-state index in [2.05, 4.69) is 30.0 Å². The van der Waals surface area contributed by atoms with E-state index in [9.17, 15) is 13.6 Å². The van der Waals surface area contributed by atoms with E-state index in [4.69, 9.17) is 23.2 Å². The Hall–Kier alpha value is -2.34. The summed E-state index contributed by atoms with van der Waals surface area (Å²) in [6, 6.07) is 19.4. The van der Waals surface area contributed by atoms with Crippen LogP contribution in [0.1, 0.15) is 27.2 Å². The van der Waals surface area contributed by atoms with E-state index in [0.717, 1.165) is 21.6 Å². The summed E-state index contributed by atoms with van der Waals surface area (Å²) < 4.78 is 33.1. The number of benzene rings is 3. The molecular formula is C23H17BrCl2N4O3S2. The second kappa shape index (κ2) is 11.6. The minimum absolute atomic E-state index is 0.143. The van der Waals surface area contributed by atoms with Gasteiger partial charge < -0.3 is 5.32 Å². The Morgan fingerprint density at radius 1 is 1.09 bits per heavy atom. The molecule has 1 heterocycles. The van der Waals surface area contributed by atoms with Crippen LogP contribution in [0.25, 0.3) is 0 Å². The molecule has 0 aliphatic carbocycles. The minimum Gasteiger partial charge on any atom is -0.348 e. The van der Waals surface area contributed by atoms with Gasteiger partial charge in [-0.25, -0.2) is 8.51 Å². The summed E-state index contributed by atoms with van der Waals surface area (Å²) in [7, 11) is 0. The average molecular weight is 612 g/mol. The molecule has 4 aromatic rings. The van der Waals surface area contributed by atoms with Gasteiger partial charge in [-0.15, -0.1) is 0 Å². The molecule has 2 N–H and O–H groups in total. The van der Waals surface area contributed by atoms with Gasteiger partial charge in [-0.2, -0.15) is 8.75 Å². The molecular weight excluding hydrogens is 595 g/mol. The van der Waals surface area contributed by atoms with Crippen molar-refractivity contribution in [2.45, 2.75) is 13.0 Å². The summed E-state index contributed by atoms with van der Waals surface area (Å²) in [4.78, 5) is 13.2. The van der Waals surface area contributed by atoms with Crippen LogP contribution >= 0.6 is 50.9 Å². The van der Waals surface area contributed by atoms with Crippen molar-refractivity contribution in [3.63, 3.8) is 0 Å². The monoisotopic (exact) mass is 610 g/mol. The first-order valence-electron chi connectivity index (χ1n) is 10.1. The Morgan fingerprint density at radius 3 is 2.57 bits per heavy atom. The summed E-state index contributed by atoms with van der Waals surface area (Å²) in [6.45, 7) is 0.143. The van der Waals surface area contributed by atoms with E-state index in [1.807, 2.05) is 30.3 Å². The highest BCUT2D eigenvalue weighted by molar-refractivity contribution is 9.10. The average Bonchev–Trinajstić information content (AvgIpc) is 3.26. The molecule has 3 aromatic carbocycles. The van der Waals surface area contributed by atoms with Gasteiger partial charge in [0.1, 0.15) is 5.69 Å². The van der Waals surface area contributed by atoms with Crippen molar-refractivity contribution in [3.8, 4) is 0 Å². The number of carbonyl (C=O) groups is 1. The quantitative estimate of drug-likeness (QED) is 0.225. The highest BCUT2D eigenvalue weighted by Gasteiger charge is 2.27. The summed E-state index contributed by atoms with van der Waals surface area (Å²) in [6.07, 6.45) is 0.408. The molecule has 12 heteroatoms. The van der Waals surface area contributed by atoms with Crippen LogP contribution in [0, 0.1) is 0 Å². The lowest BCUT2D eigenvalue weighted by Crippen LogP contribution is -2.28. The van der Waals surface area contributed by atoms with Crippen molar-refractivity contribution in [1.29, 1.82) is 0 Å². The van der Waals surface area contributed by atoms with Crippen molar-refractivity contribution in [3.05, 3.63) is 104 Å². The van der Waals surface area contributed by atoms with Gasteiger partial charge in [-0.05, 0) is 41.5 Å². The molecule has 1 atom stereocenters. The van der Waals surface area contributed by atoms with Crippen LogP contribution in [-0.2, 0) is 24.2 Å². The maximum atomic E-state index is 13.2. The first kappa shape index (κ1) is 25.7. The number of nitrogens with zero attached hydrogens (tertiary/aromatic N) is 3. The first-order valence-corrected chi connectivity index (χ1v) is 13.5. The summed E-state index contributed by atoms with van der Waals surface area (Å²) in [5, 5.41) is 3.72. The Labute approximate surface area is 227 Å².